The first-order valence-electron chi connectivity index (χ1n) is 8.21. The Morgan fingerprint density at radius 2 is 2.22 bits per heavy atom. The lowest BCUT2D eigenvalue weighted by Crippen LogP contribution is -2.38. The van der Waals surface area contributed by atoms with Crippen LogP contribution in [-0.4, -0.2) is 29.9 Å². The van der Waals surface area contributed by atoms with E-state index in [1.807, 2.05) is 0 Å². The van der Waals surface area contributed by atoms with Crippen LogP contribution in [-0.2, 0) is 6.42 Å². The van der Waals surface area contributed by atoms with Crippen LogP contribution in [0, 0.1) is 11.7 Å². The summed E-state index contributed by atoms with van der Waals surface area (Å²) in [6.45, 7) is 4.28. The molecule has 0 saturated carbocycles. The number of hydrogen-bond donors (Lipinski definition) is 0. The van der Waals surface area contributed by atoms with Gasteiger partial charge in [-0.25, -0.2) is 4.39 Å². The zero-order valence-corrected chi connectivity index (χ0v) is 13.4. The zero-order chi connectivity index (χ0) is 16.1. The highest BCUT2D eigenvalue weighted by atomic mass is 19.1. The molecule has 3 rings (SSSR count). The summed E-state index contributed by atoms with van der Waals surface area (Å²) in [6, 6.07) is 7.10. The quantitative estimate of drug-likeness (QED) is 0.816. The third kappa shape index (κ3) is 4.00. The third-order valence-electron chi connectivity index (χ3n) is 4.02. The van der Waals surface area contributed by atoms with Gasteiger partial charge < -0.3 is 14.1 Å². The van der Waals surface area contributed by atoms with Crippen LogP contribution in [0.1, 0.15) is 32.1 Å². The summed E-state index contributed by atoms with van der Waals surface area (Å²) in [6.07, 6.45) is 3.89. The number of ether oxygens (including phenoxy) is 1. The first-order chi connectivity index (χ1) is 11.3. The minimum absolute atomic E-state index is 0.313. The zero-order valence-electron chi connectivity index (χ0n) is 13.4. The Labute approximate surface area is 135 Å². The molecule has 0 bridgehead atoms. The number of hydrogen-bond acceptors (Lipinski definition) is 5. The minimum atomic E-state index is -0.318. The number of nitrogens with zero attached hydrogens (tertiary/aromatic N) is 3. The number of halogens is 1. The van der Waals surface area contributed by atoms with Gasteiger partial charge in [-0.15, -0.1) is 5.10 Å². The maximum absolute atomic E-state index is 13.6. The number of aromatic nitrogens is 2. The Kier molecular flexibility index (Phi) is 5.10. The van der Waals surface area contributed by atoms with E-state index in [0.717, 1.165) is 38.8 Å². The summed E-state index contributed by atoms with van der Waals surface area (Å²) < 4.78 is 24.9. The Hall–Kier alpha value is -2.11. The predicted molar refractivity (Wildman–Crippen MR) is 85.1 cm³/mol. The van der Waals surface area contributed by atoms with Crippen molar-refractivity contribution in [3.63, 3.8) is 0 Å². The summed E-state index contributed by atoms with van der Waals surface area (Å²) in [4.78, 5) is 2.10. The molecule has 0 amide bonds. The van der Waals surface area contributed by atoms with Crippen molar-refractivity contribution in [3.8, 4) is 5.75 Å². The second-order valence-corrected chi connectivity index (χ2v) is 5.92. The van der Waals surface area contributed by atoms with Crippen molar-refractivity contribution in [3.05, 3.63) is 36.0 Å². The molecule has 1 aromatic carbocycles. The van der Waals surface area contributed by atoms with E-state index in [4.69, 9.17) is 9.15 Å². The molecular weight excluding hydrogens is 297 g/mol. The van der Waals surface area contributed by atoms with E-state index in [0.29, 0.717) is 30.2 Å². The lowest BCUT2D eigenvalue weighted by molar-refractivity contribution is 0.218. The van der Waals surface area contributed by atoms with E-state index < -0.39 is 0 Å². The summed E-state index contributed by atoms with van der Waals surface area (Å²) >= 11 is 0. The van der Waals surface area contributed by atoms with E-state index in [-0.39, 0.29) is 5.82 Å². The smallest absolute Gasteiger partial charge is 0.318 e. The molecule has 1 atom stereocenters. The molecule has 1 fully saturated rings. The van der Waals surface area contributed by atoms with Crippen LogP contribution < -0.4 is 9.64 Å². The van der Waals surface area contributed by atoms with Gasteiger partial charge in [0.2, 0.25) is 5.89 Å². The number of rotatable bonds is 6. The number of para-hydroxylation sites is 1. The van der Waals surface area contributed by atoms with Crippen LogP contribution in [0.3, 0.4) is 0 Å². The molecule has 2 aromatic rings. The molecule has 0 aliphatic carbocycles. The molecule has 0 N–H and O–H groups in total. The molecule has 1 aliphatic rings. The summed E-state index contributed by atoms with van der Waals surface area (Å²) in [5, 5.41) is 8.21. The van der Waals surface area contributed by atoms with Crippen molar-refractivity contribution < 1.29 is 13.5 Å². The highest BCUT2D eigenvalue weighted by molar-refractivity contribution is 5.26. The lowest BCUT2D eigenvalue weighted by atomic mass is 9.99. The highest BCUT2D eigenvalue weighted by Crippen LogP contribution is 2.24. The molecular formula is C17H22FN3O2. The molecule has 23 heavy (non-hydrogen) atoms. The first kappa shape index (κ1) is 15.8. The van der Waals surface area contributed by atoms with Crippen LogP contribution in [0.4, 0.5) is 10.4 Å². The largest absolute Gasteiger partial charge is 0.490 e. The summed E-state index contributed by atoms with van der Waals surface area (Å²) in [7, 11) is 0. The van der Waals surface area contributed by atoms with E-state index in [1.54, 1.807) is 18.2 Å². The highest BCUT2D eigenvalue weighted by Gasteiger charge is 2.24. The van der Waals surface area contributed by atoms with Crippen molar-refractivity contribution in [1.82, 2.24) is 10.2 Å². The molecule has 124 valence electrons. The Morgan fingerprint density at radius 1 is 1.35 bits per heavy atom. The number of benzene rings is 1. The number of aryl methyl sites for hydroxylation is 1. The van der Waals surface area contributed by atoms with Gasteiger partial charge in [-0.05, 0) is 31.4 Å². The average Bonchev–Trinajstić information content (AvgIpc) is 3.04. The fourth-order valence-corrected chi connectivity index (χ4v) is 2.83. The second-order valence-electron chi connectivity index (χ2n) is 5.92. The van der Waals surface area contributed by atoms with Crippen LogP contribution in [0.25, 0.3) is 0 Å². The van der Waals surface area contributed by atoms with Crippen LogP contribution >= 0.6 is 0 Å². The van der Waals surface area contributed by atoms with E-state index in [9.17, 15) is 4.39 Å². The van der Waals surface area contributed by atoms with Gasteiger partial charge in [0.1, 0.15) is 0 Å². The van der Waals surface area contributed by atoms with Crippen LogP contribution in [0.5, 0.6) is 5.75 Å². The standard InChI is InChI=1S/C17H22FN3O2/c1-2-6-16-19-20-17(23-16)21-10-5-7-13(11-21)12-22-15-9-4-3-8-14(15)18/h3-4,8-9,13H,2,5-7,10-12H2,1H3/t13-/m0/s1. The maximum atomic E-state index is 13.6. The van der Waals surface area contributed by atoms with Gasteiger partial charge in [0.25, 0.3) is 0 Å². The lowest BCUT2D eigenvalue weighted by Gasteiger charge is -2.31. The fraction of sp³-hybridized carbons (Fsp3) is 0.529. The average molecular weight is 319 g/mol. The molecule has 1 saturated heterocycles. The van der Waals surface area contributed by atoms with Crippen molar-refractivity contribution >= 4 is 6.01 Å². The van der Waals surface area contributed by atoms with Crippen LogP contribution in [0.15, 0.2) is 28.7 Å². The Morgan fingerprint density at radius 3 is 3.04 bits per heavy atom. The SMILES string of the molecule is CCCc1nnc(N2CCC[C@H](COc3ccccc3F)C2)o1. The molecule has 0 spiro atoms. The van der Waals surface area contributed by atoms with Gasteiger partial charge in [-0.2, -0.15) is 0 Å². The van der Waals surface area contributed by atoms with Crippen molar-refractivity contribution in [2.24, 2.45) is 5.92 Å². The maximum Gasteiger partial charge on any atom is 0.318 e. The molecule has 1 aliphatic heterocycles. The predicted octanol–water partition coefficient (Wildman–Crippen LogP) is 3.46. The van der Waals surface area contributed by atoms with E-state index in [2.05, 4.69) is 22.0 Å². The molecule has 0 radical (unpaired) electrons. The molecule has 6 heteroatoms. The summed E-state index contributed by atoms with van der Waals surface area (Å²) in [5.74, 6) is 1.01. The third-order valence-corrected chi connectivity index (χ3v) is 4.02. The molecule has 1 aromatic heterocycles. The molecule has 5 nitrogen and oxygen atoms in total. The van der Waals surface area contributed by atoms with Gasteiger partial charge in [0, 0.05) is 25.4 Å². The Balaban J connectivity index is 1.56. The second kappa shape index (κ2) is 7.44. The number of anilines is 1. The van der Waals surface area contributed by atoms with Crippen molar-refractivity contribution in [2.45, 2.75) is 32.6 Å². The van der Waals surface area contributed by atoms with Crippen molar-refractivity contribution in [2.75, 3.05) is 24.6 Å². The first-order valence-corrected chi connectivity index (χ1v) is 8.21. The van der Waals surface area contributed by atoms with Crippen LogP contribution in [0.2, 0.25) is 0 Å². The Bertz CT molecular complexity index is 632. The molecule has 2 heterocycles. The minimum Gasteiger partial charge on any atom is -0.490 e. The summed E-state index contributed by atoms with van der Waals surface area (Å²) in [5.41, 5.74) is 0. The van der Waals surface area contributed by atoms with E-state index in [1.165, 1.54) is 6.07 Å². The van der Waals surface area contributed by atoms with Crippen molar-refractivity contribution in [1.29, 1.82) is 0 Å². The van der Waals surface area contributed by atoms with Gasteiger partial charge in [-0.1, -0.05) is 24.2 Å². The molecule has 0 unspecified atom stereocenters. The monoisotopic (exact) mass is 319 g/mol. The number of piperidine rings is 1. The topological polar surface area (TPSA) is 51.4 Å². The van der Waals surface area contributed by atoms with Gasteiger partial charge >= 0.3 is 6.01 Å². The van der Waals surface area contributed by atoms with Gasteiger partial charge in [-0.3, -0.25) is 0 Å². The van der Waals surface area contributed by atoms with E-state index >= 15 is 0 Å². The van der Waals surface area contributed by atoms with Gasteiger partial charge in [0.05, 0.1) is 6.61 Å². The normalized spacial score (nSPS) is 18.2. The van der Waals surface area contributed by atoms with Gasteiger partial charge in [0.15, 0.2) is 11.6 Å². The fourth-order valence-electron chi connectivity index (χ4n) is 2.83.